The van der Waals surface area contributed by atoms with Gasteiger partial charge in [0.15, 0.2) is 0 Å². The minimum Gasteiger partial charge on any atom is -0.497 e. The Bertz CT molecular complexity index is 833. The molecule has 4 nitrogen and oxygen atoms in total. The van der Waals surface area contributed by atoms with Gasteiger partial charge in [0.2, 0.25) is 0 Å². The van der Waals surface area contributed by atoms with Gasteiger partial charge in [-0.3, -0.25) is 10.4 Å². The number of benzene rings is 2. The minimum absolute atomic E-state index is 0.311. The van der Waals surface area contributed by atoms with E-state index in [9.17, 15) is 4.39 Å². The van der Waals surface area contributed by atoms with E-state index in [0.29, 0.717) is 5.56 Å². The van der Waals surface area contributed by atoms with E-state index in [0.717, 1.165) is 22.3 Å². The van der Waals surface area contributed by atoms with Gasteiger partial charge in [-0.05, 0) is 30.3 Å². The van der Waals surface area contributed by atoms with E-state index in [4.69, 9.17) is 4.74 Å². The number of hydrogen-bond acceptors (Lipinski definition) is 4. The van der Waals surface area contributed by atoms with Crippen LogP contribution in [-0.2, 0) is 0 Å². The highest BCUT2D eigenvalue weighted by Crippen LogP contribution is 2.25. The van der Waals surface area contributed by atoms with Gasteiger partial charge in [-0.15, -0.1) is 0 Å². The second-order valence-electron chi connectivity index (χ2n) is 4.63. The lowest BCUT2D eigenvalue weighted by atomic mass is 10.2. The number of ether oxygens (including phenoxy) is 1. The molecule has 0 radical (unpaired) electrons. The number of nitrogens with one attached hydrogen (secondary N) is 1. The van der Waals surface area contributed by atoms with E-state index < -0.39 is 0 Å². The van der Waals surface area contributed by atoms with Crippen LogP contribution in [0.1, 0.15) is 5.56 Å². The van der Waals surface area contributed by atoms with E-state index in [-0.39, 0.29) is 5.82 Å². The molecular formula is C17H14FN3O. The molecule has 5 heteroatoms. The topological polar surface area (TPSA) is 46.5 Å². The van der Waals surface area contributed by atoms with Crippen molar-refractivity contribution in [1.29, 1.82) is 0 Å². The summed E-state index contributed by atoms with van der Waals surface area (Å²) in [5.41, 5.74) is 4.94. The van der Waals surface area contributed by atoms with Crippen LogP contribution in [0.15, 0.2) is 59.8 Å². The molecule has 0 saturated carbocycles. The molecule has 0 amide bonds. The van der Waals surface area contributed by atoms with Crippen molar-refractivity contribution in [2.24, 2.45) is 5.10 Å². The fourth-order valence-electron chi connectivity index (χ4n) is 2.10. The fraction of sp³-hybridized carbons (Fsp3) is 0.0588. The highest BCUT2D eigenvalue weighted by molar-refractivity contribution is 5.92. The van der Waals surface area contributed by atoms with Crippen molar-refractivity contribution in [3.63, 3.8) is 0 Å². The lowest BCUT2D eigenvalue weighted by molar-refractivity contribution is 0.415. The van der Waals surface area contributed by atoms with Crippen LogP contribution in [-0.4, -0.2) is 18.3 Å². The van der Waals surface area contributed by atoms with Gasteiger partial charge in [-0.1, -0.05) is 18.2 Å². The normalized spacial score (nSPS) is 11.0. The van der Waals surface area contributed by atoms with E-state index in [1.165, 1.54) is 12.3 Å². The molecule has 22 heavy (non-hydrogen) atoms. The second-order valence-corrected chi connectivity index (χ2v) is 4.63. The molecular weight excluding hydrogens is 281 g/mol. The molecule has 0 unspecified atom stereocenters. The van der Waals surface area contributed by atoms with Crippen molar-refractivity contribution < 1.29 is 9.13 Å². The molecule has 0 aliphatic carbocycles. The van der Waals surface area contributed by atoms with Crippen molar-refractivity contribution in [2.75, 3.05) is 12.5 Å². The van der Waals surface area contributed by atoms with Gasteiger partial charge in [-0.25, -0.2) is 4.39 Å². The first-order chi connectivity index (χ1) is 10.8. The number of methoxy groups -OCH3 is 1. The van der Waals surface area contributed by atoms with Gasteiger partial charge in [-0.2, -0.15) is 5.10 Å². The van der Waals surface area contributed by atoms with Crippen LogP contribution >= 0.6 is 0 Å². The van der Waals surface area contributed by atoms with Gasteiger partial charge in [0.05, 0.1) is 24.5 Å². The maximum atomic E-state index is 13.5. The number of halogens is 1. The Hall–Kier alpha value is -2.95. The first-order valence-electron chi connectivity index (χ1n) is 6.74. The molecule has 0 spiro atoms. The summed E-state index contributed by atoms with van der Waals surface area (Å²) in [5, 5.41) is 4.98. The molecule has 3 aromatic rings. The van der Waals surface area contributed by atoms with Crippen LogP contribution in [0.4, 0.5) is 10.1 Å². The number of anilines is 1. The van der Waals surface area contributed by atoms with Crippen LogP contribution in [0.5, 0.6) is 5.75 Å². The summed E-state index contributed by atoms with van der Waals surface area (Å²) in [5.74, 6) is 0.427. The third-order valence-electron chi connectivity index (χ3n) is 3.24. The number of nitrogens with zero attached hydrogens (tertiary/aromatic N) is 2. The van der Waals surface area contributed by atoms with E-state index in [1.807, 2.05) is 18.2 Å². The quantitative estimate of drug-likeness (QED) is 0.588. The van der Waals surface area contributed by atoms with Gasteiger partial charge in [0.25, 0.3) is 0 Å². The fourth-order valence-corrected chi connectivity index (χ4v) is 2.10. The summed E-state index contributed by atoms with van der Waals surface area (Å²) < 4.78 is 18.7. The predicted molar refractivity (Wildman–Crippen MR) is 85.9 cm³/mol. The Kier molecular flexibility index (Phi) is 3.96. The molecule has 1 heterocycles. The Morgan fingerprint density at radius 2 is 2.05 bits per heavy atom. The highest BCUT2D eigenvalue weighted by atomic mass is 19.1. The van der Waals surface area contributed by atoms with Gasteiger partial charge < -0.3 is 4.74 Å². The van der Waals surface area contributed by atoms with Crippen LogP contribution < -0.4 is 10.2 Å². The number of pyridine rings is 1. The lowest BCUT2D eigenvalue weighted by Gasteiger charge is -2.07. The van der Waals surface area contributed by atoms with Crippen molar-refractivity contribution in [2.45, 2.75) is 0 Å². The molecule has 0 fully saturated rings. The summed E-state index contributed by atoms with van der Waals surface area (Å²) in [6.45, 7) is 0. The number of aromatic nitrogens is 1. The van der Waals surface area contributed by atoms with Crippen molar-refractivity contribution in [3.05, 3.63) is 66.1 Å². The monoisotopic (exact) mass is 295 g/mol. The van der Waals surface area contributed by atoms with Crippen LogP contribution in [0.2, 0.25) is 0 Å². The summed E-state index contributed by atoms with van der Waals surface area (Å²) in [7, 11) is 1.61. The van der Waals surface area contributed by atoms with Crippen molar-refractivity contribution in [3.8, 4) is 5.75 Å². The van der Waals surface area contributed by atoms with E-state index >= 15 is 0 Å². The average Bonchev–Trinajstić information content (AvgIpc) is 2.56. The second kappa shape index (κ2) is 6.22. The Morgan fingerprint density at radius 3 is 2.86 bits per heavy atom. The average molecular weight is 295 g/mol. The summed E-state index contributed by atoms with van der Waals surface area (Å²) in [4.78, 5) is 4.29. The third-order valence-corrected chi connectivity index (χ3v) is 3.24. The molecule has 0 bridgehead atoms. The van der Waals surface area contributed by atoms with Gasteiger partial charge >= 0.3 is 0 Å². The Morgan fingerprint density at radius 1 is 1.18 bits per heavy atom. The molecule has 0 aliphatic heterocycles. The SMILES string of the molecule is COc1ccc2nccc(N/N=C/c3ccccc3F)c2c1. The largest absolute Gasteiger partial charge is 0.497 e. The van der Waals surface area contributed by atoms with Gasteiger partial charge in [0.1, 0.15) is 11.6 Å². The number of fused-ring (bicyclic) bond motifs is 1. The van der Waals surface area contributed by atoms with E-state index in [2.05, 4.69) is 15.5 Å². The summed E-state index contributed by atoms with van der Waals surface area (Å²) in [6.07, 6.45) is 3.14. The number of hydrazone groups is 1. The lowest BCUT2D eigenvalue weighted by Crippen LogP contribution is -1.94. The molecule has 0 atom stereocenters. The number of rotatable bonds is 4. The van der Waals surface area contributed by atoms with Crippen molar-refractivity contribution in [1.82, 2.24) is 4.98 Å². The highest BCUT2D eigenvalue weighted by Gasteiger charge is 2.03. The maximum absolute atomic E-state index is 13.5. The molecule has 0 aliphatic rings. The minimum atomic E-state index is -0.311. The third kappa shape index (κ3) is 2.88. The van der Waals surface area contributed by atoms with Crippen LogP contribution in [0.25, 0.3) is 10.9 Å². The van der Waals surface area contributed by atoms with Gasteiger partial charge in [0, 0.05) is 17.1 Å². The molecule has 0 saturated heterocycles. The van der Waals surface area contributed by atoms with E-state index in [1.54, 1.807) is 37.6 Å². The molecule has 3 rings (SSSR count). The predicted octanol–water partition coefficient (Wildman–Crippen LogP) is 3.83. The standard InChI is InChI=1S/C17H14FN3O/c1-22-13-6-7-16-14(10-13)17(8-9-19-16)21-20-11-12-4-2-3-5-15(12)18/h2-11H,1H3,(H,19,21)/b20-11+. The van der Waals surface area contributed by atoms with Crippen LogP contribution in [0, 0.1) is 5.82 Å². The Balaban J connectivity index is 1.89. The molecule has 110 valence electrons. The summed E-state index contributed by atoms with van der Waals surface area (Å²) >= 11 is 0. The smallest absolute Gasteiger partial charge is 0.132 e. The zero-order valence-electron chi connectivity index (χ0n) is 12.0. The zero-order chi connectivity index (χ0) is 15.4. The molecule has 1 aromatic heterocycles. The summed E-state index contributed by atoms with van der Waals surface area (Å²) in [6, 6.07) is 13.9. The molecule has 1 N–H and O–H groups in total. The maximum Gasteiger partial charge on any atom is 0.132 e. The molecule has 2 aromatic carbocycles. The Labute approximate surface area is 127 Å². The van der Waals surface area contributed by atoms with Crippen molar-refractivity contribution >= 4 is 22.8 Å². The first kappa shape index (κ1) is 14.0. The van der Waals surface area contributed by atoms with Crippen LogP contribution in [0.3, 0.4) is 0 Å². The number of hydrogen-bond donors (Lipinski definition) is 1. The zero-order valence-corrected chi connectivity index (χ0v) is 12.0. The first-order valence-corrected chi connectivity index (χ1v) is 6.74.